The zero-order valence-corrected chi connectivity index (χ0v) is 17.5. The SMILES string of the molecule is COc1ccccc1COc1ccc2c(=O)c(Oc3ccccc3OC)c(C)oc2c1. The van der Waals surface area contributed by atoms with Crippen molar-refractivity contribution in [2.75, 3.05) is 14.2 Å². The Morgan fingerprint density at radius 3 is 2.26 bits per heavy atom. The number of benzene rings is 3. The van der Waals surface area contributed by atoms with Crippen LogP contribution in [-0.4, -0.2) is 14.2 Å². The molecule has 0 radical (unpaired) electrons. The topological polar surface area (TPSA) is 67.1 Å². The summed E-state index contributed by atoms with van der Waals surface area (Å²) in [5, 5.41) is 0.403. The van der Waals surface area contributed by atoms with Gasteiger partial charge < -0.3 is 23.4 Å². The molecular formula is C25H22O6. The van der Waals surface area contributed by atoms with E-state index in [9.17, 15) is 4.79 Å². The molecule has 0 amide bonds. The average Bonchev–Trinajstić information content (AvgIpc) is 2.80. The minimum atomic E-state index is -0.263. The molecule has 6 heteroatoms. The van der Waals surface area contributed by atoms with E-state index in [0.29, 0.717) is 40.6 Å². The van der Waals surface area contributed by atoms with Gasteiger partial charge in [-0.25, -0.2) is 0 Å². The molecule has 31 heavy (non-hydrogen) atoms. The number of aryl methyl sites for hydroxylation is 1. The largest absolute Gasteiger partial charge is 0.496 e. The molecule has 0 bridgehead atoms. The Bertz CT molecular complexity index is 1270. The fourth-order valence-electron chi connectivity index (χ4n) is 3.27. The third-order valence-electron chi connectivity index (χ3n) is 4.85. The van der Waals surface area contributed by atoms with Crippen LogP contribution in [0.3, 0.4) is 0 Å². The molecule has 0 N–H and O–H groups in total. The van der Waals surface area contributed by atoms with Gasteiger partial charge in [0.05, 0.1) is 19.6 Å². The number of hydrogen-bond donors (Lipinski definition) is 0. The van der Waals surface area contributed by atoms with Gasteiger partial charge in [0.1, 0.15) is 29.4 Å². The minimum absolute atomic E-state index is 0.125. The molecule has 0 fully saturated rings. The molecule has 0 aliphatic rings. The van der Waals surface area contributed by atoms with Crippen LogP contribution in [0.25, 0.3) is 11.0 Å². The van der Waals surface area contributed by atoms with Crippen LogP contribution in [0.15, 0.2) is 75.9 Å². The normalized spacial score (nSPS) is 10.7. The quantitative estimate of drug-likeness (QED) is 0.395. The fourth-order valence-corrected chi connectivity index (χ4v) is 3.27. The van der Waals surface area contributed by atoms with E-state index in [1.54, 1.807) is 57.5 Å². The van der Waals surface area contributed by atoms with Gasteiger partial charge in [-0.05, 0) is 37.3 Å². The van der Waals surface area contributed by atoms with Crippen molar-refractivity contribution in [3.8, 4) is 28.7 Å². The van der Waals surface area contributed by atoms with Crippen molar-refractivity contribution in [3.63, 3.8) is 0 Å². The number of ether oxygens (including phenoxy) is 4. The monoisotopic (exact) mass is 418 g/mol. The molecule has 4 aromatic rings. The summed E-state index contributed by atoms with van der Waals surface area (Å²) in [5.74, 6) is 2.80. The lowest BCUT2D eigenvalue weighted by Gasteiger charge is -2.13. The van der Waals surface area contributed by atoms with Gasteiger partial charge in [-0.15, -0.1) is 0 Å². The van der Waals surface area contributed by atoms with Crippen LogP contribution < -0.4 is 24.4 Å². The highest BCUT2D eigenvalue weighted by Gasteiger charge is 2.16. The van der Waals surface area contributed by atoms with Crippen molar-refractivity contribution in [1.82, 2.24) is 0 Å². The molecule has 1 heterocycles. The second kappa shape index (κ2) is 8.83. The van der Waals surface area contributed by atoms with Crippen LogP contribution in [0.1, 0.15) is 11.3 Å². The zero-order chi connectivity index (χ0) is 21.8. The fraction of sp³-hybridized carbons (Fsp3) is 0.160. The minimum Gasteiger partial charge on any atom is -0.496 e. The number of methoxy groups -OCH3 is 2. The zero-order valence-electron chi connectivity index (χ0n) is 17.5. The predicted molar refractivity (Wildman–Crippen MR) is 118 cm³/mol. The maximum Gasteiger partial charge on any atom is 0.235 e. The molecular weight excluding hydrogens is 396 g/mol. The van der Waals surface area contributed by atoms with Crippen molar-refractivity contribution in [1.29, 1.82) is 0 Å². The molecule has 0 spiro atoms. The second-order valence-electron chi connectivity index (χ2n) is 6.83. The molecule has 0 saturated heterocycles. The van der Waals surface area contributed by atoms with Crippen LogP contribution in [0, 0.1) is 6.92 Å². The first-order chi connectivity index (χ1) is 15.1. The number of rotatable bonds is 7. The Balaban J connectivity index is 1.63. The number of hydrogen-bond acceptors (Lipinski definition) is 6. The second-order valence-corrected chi connectivity index (χ2v) is 6.83. The smallest absolute Gasteiger partial charge is 0.235 e. The van der Waals surface area contributed by atoms with E-state index in [0.717, 1.165) is 11.3 Å². The highest BCUT2D eigenvalue weighted by atomic mass is 16.5. The van der Waals surface area contributed by atoms with Gasteiger partial charge in [-0.3, -0.25) is 4.79 Å². The molecule has 0 aliphatic carbocycles. The van der Waals surface area contributed by atoms with Crippen LogP contribution in [0.2, 0.25) is 0 Å². The summed E-state index contributed by atoms with van der Waals surface area (Å²) in [7, 11) is 3.17. The Kier molecular flexibility index (Phi) is 5.80. The molecule has 0 saturated carbocycles. The van der Waals surface area contributed by atoms with E-state index in [1.807, 2.05) is 30.3 Å². The van der Waals surface area contributed by atoms with E-state index in [2.05, 4.69) is 0 Å². The van der Waals surface area contributed by atoms with E-state index in [4.69, 9.17) is 23.4 Å². The number of para-hydroxylation sites is 3. The maximum absolute atomic E-state index is 13.0. The lowest BCUT2D eigenvalue weighted by Crippen LogP contribution is -2.08. The van der Waals surface area contributed by atoms with Gasteiger partial charge in [0.2, 0.25) is 11.2 Å². The van der Waals surface area contributed by atoms with Gasteiger partial charge in [0, 0.05) is 11.6 Å². The summed E-state index contributed by atoms with van der Waals surface area (Å²) in [6.45, 7) is 2.02. The molecule has 6 nitrogen and oxygen atoms in total. The lowest BCUT2D eigenvalue weighted by molar-refractivity contribution is 0.296. The Morgan fingerprint density at radius 2 is 1.52 bits per heavy atom. The summed E-state index contributed by atoms with van der Waals surface area (Å²) in [5.41, 5.74) is 1.08. The van der Waals surface area contributed by atoms with E-state index in [1.165, 1.54) is 0 Å². The summed E-state index contributed by atoms with van der Waals surface area (Å²) in [6.07, 6.45) is 0. The summed E-state index contributed by atoms with van der Waals surface area (Å²) in [4.78, 5) is 13.0. The standard InChI is InChI=1S/C25H22O6/c1-16-25(31-22-11-7-6-10-21(22)28-3)24(26)19-13-12-18(14-23(19)30-16)29-15-17-8-4-5-9-20(17)27-2/h4-14H,15H2,1-3H3. The van der Waals surface area contributed by atoms with E-state index < -0.39 is 0 Å². The first-order valence-corrected chi connectivity index (χ1v) is 9.73. The van der Waals surface area contributed by atoms with Crippen molar-refractivity contribution in [3.05, 3.63) is 88.3 Å². The van der Waals surface area contributed by atoms with Gasteiger partial charge >= 0.3 is 0 Å². The molecule has 1 aromatic heterocycles. The summed E-state index contributed by atoms with van der Waals surface area (Å²) < 4.78 is 28.3. The summed E-state index contributed by atoms with van der Waals surface area (Å²) in [6, 6.07) is 19.9. The highest BCUT2D eigenvalue weighted by Crippen LogP contribution is 2.32. The van der Waals surface area contributed by atoms with Gasteiger partial charge in [-0.1, -0.05) is 30.3 Å². The van der Waals surface area contributed by atoms with Crippen LogP contribution in [-0.2, 0) is 6.61 Å². The third kappa shape index (κ3) is 4.19. The van der Waals surface area contributed by atoms with Crippen molar-refractivity contribution < 1.29 is 23.4 Å². The molecule has 158 valence electrons. The van der Waals surface area contributed by atoms with Crippen LogP contribution in [0.4, 0.5) is 0 Å². The van der Waals surface area contributed by atoms with E-state index >= 15 is 0 Å². The highest BCUT2D eigenvalue weighted by molar-refractivity contribution is 5.79. The first-order valence-electron chi connectivity index (χ1n) is 9.73. The van der Waals surface area contributed by atoms with Crippen LogP contribution in [0.5, 0.6) is 28.7 Å². The van der Waals surface area contributed by atoms with Crippen LogP contribution >= 0.6 is 0 Å². The summed E-state index contributed by atoms with van der Waals surface area (Å²) >= 11 is 0. The van der Waals surface area contributed by atoms with Crippen molar-refractivity contribution in [2.24, 2.45) is 0 Å². The first kappa shape index (κ1) is 20.3. The Labute approximate surface area is 179 Å². The van der Waals surface area contributed by atoms with Gasteiger partial charge in [0.15, 0.2) is 11.5 Å². The predicted octanol–water partition coefficient (Wildman–Crippen LogP) is 5.49. The third-order valence-corrected chi connectivity index (χ3v) is 4.85. The molecule has 4 rings (SSSR count). The molecule has 0 unspecified atom stereocenters. The Hall–Kier alpha value is -3.93. The Morgan fingerprint density at radius 1 is 0.839 bits per heavy atom. The maximum atomic E-state index is 13.0. The van der Waals surface area contributed by atoms with Crippen molar-refractivity contribution in [2.45, 2.75) is 13.5 Å². The lowest BCUT2D eigenvalue weighted by atomic mass is 10.2. The average molecular weight is 418 g/mol. The van der Waals surface area contributed by atoms with Crippen molar-refractivity contribution >= 4 is 11.0 Å². The van der Waals surface area contributed by atoms with Gasteiger partial charge in [0.25, 0.3) is 0 Å². The molecule has 0 aliphatic heterocycles. The molecule has 0 atom stereocenters. The van der Waals surface area contributed by atoms with Gasteiger partial charge in [-0.2, -0.15) is 0 Å². The number of fused-ring (bicyclic) bond motifs is 1. The van der Waals surface area contributed by atoms with E-state index in [-0.39, 0.29) is 11.2 Å². The molecule has 3 aromatic carbocycles.